The van der Waals surface area contributed by atoms with Gasteiger partial charge in [-0.3, -0.25) is 10.1 Å². The molecule has 0 unspecified atom stereocenters. The summed E-state index contributed by atoms with van der Waals surface area (Å²) in [6, 6.07) is 14.5. The van der Waals surface area contributed by atoms with Crippen LogP contribution in [-0.4, -0.2) is 29.8 Å². The summed E-state index contributed by atoms with van der Waals surface area (Å²) in [6.07, 6.45) is 0. The van der Waals surface area contributed by atoms with E-state index in [1.54, 1.807) is 13.2 Å². The molecule has 0 aliphatic rings. The van der Waals surface area contributed by atoms with Crippen molar-refractivity contribution in [1.82, 2.24) is 10.1 Å². The van der Waals surface area contributed by atoms with Crippen LogP contribution in [-0.2, 0) is 0 Å². The molecule has 2 aromatic heterocycles. The molecule has 0 fully saturated rings. The Labute approximate surface area is 164 Å². The van der Waals surface area contributed by atoms with Crippen molar-refractivity contribution in [2.45, 2.75) is 6.92 Å². The minimum Gasteiger partial charge on any atom is -0.497 e. The van der Waals surface area contributed by atoms with Crippen molar-refractivity contribution in [1.29, 1.82) is 0 Å². The Kier molecular flexibility index (Phi) is 4.94. The molecule has 7 nitrogen and oxygen atoms in total. The average molecular weight is 395 g/mol. The minimum absolute atomic E-state index is 0.181. The quantitative estimate of drug-likeness (QED) is 0.513. The van der Waals surface area contributed by atoms with E-state index in [2.05, 4.69) is 15.5 Å². The van der Waals surface area contributed by atoms with E-state index in [0.29, 0.717) is 17.5 Å². The number of ether oxygens (including phenoxy) is 2. The van der Waals surface area contributed by atoms with Crippen molar-refractivity contribution >= 4 is 32.6 Å². The molecule has 28 heavy (non-hydrogen) atoms. The van der Waals surface area contributed by atoms with Gasteiger partial charge >= 0.3 is 0 Å². The number of thiazole rings is 1. The number of rotatable bonds is 6. The van der Waals surface area contributed by atoms with Crippen LogP contribution in [0.5, 0.6) is 11.5 Å². The van der Waals surface area contributed by atoms with Crippen LogP contribution in [0.3, 0.4) is 0 Å². The second kappa shape index (κ2) is 7.69. The summed E-state index contributed by atoms with van der Waals surface area (Å²) in [5.74, 6) is 1.64. The second-order valence-corrected chi connectivity index (χ2v) is 6.87. The van der Waals surface area contributed by atoms with E-state index >= 15 is 0 Å². The molecule has 142 valence electrons. The summed E-state index contributed by atoms with van der Waals surface area (Å²) >= 11 is 1.36. The van der Waals surface area contributed by atoms with Crippen molar-refractivity contribution in [3.8, 4) is 22.8 Å². The molecule has 2 heterocycles. The molecule has 0 bridgehead atoms. The molecular formula is C20H17N3O4S. The van der Waals surface area contributed by atoms with Gasteiger partial charge in [0.1, 0.15) is 11.5 Å². The number of hydrogen-bond acceptors (Lipinski definition) is 7. The maximum atomic E-state index is 12.5. The van der Waals surface area contributed by atoms with Gasteiger partial charge in [-0.1, -0.05) is 16.5 Å². The Hall–Kier alpha value is -3.39. The first-order valence-corrected chi connectivity index (χ1v) is 9.44. The summed E-state index contributed by atoms with van der Waals surface area (Å²) in [6.45, 7) is 2.53. The van der Waals surface area contributed by atoms with E-state index < -0.39 is 0 Å². The lowest BCUT2D eigenvalue weighted by molar-refractivity contribution is 0.101. The van der Waals surface area contributed by atoms with Crippen LogP contribution in [0.25, 0.3) is 21.5 Å². The standard InChI is InChI=1S/C20H17N3O4S/c1-3-26-13-6-4-12(5-7-13)17-11-16(23-27-17)19(24)22-20-21-15-9-8-14(25-2)10-18(15)28-20/h4-11H,3H2,1-2H3,(H,21,22,24). The Bertz CT molecular complexity index is 1120. The third kappa shape index (κ3) is 3.67. The van der Waals surface area contributed by atoms with Crippen molar-refractivity contribution in [3.05, 3.63) is 54.2 Å². The van der Waals surface area contributed by atoms with Crippen molar-refractivity contribution in [2.24, 2.45) is 0 Å². The number of fused-ring (bicyclic) bond motifs is 1. The van der Waals surface area contributed by atoms with E-state index in [1.807, 2.05) is 49.4 Å². The molecule has 8 heteroatoms. The van der Waals surface area contributed by atoms with Gasteiger partial charge in [-0.25, -0.2) is 4.98 Å². The van der Waals surface area contributed by atoms with Gasteiger partial charge in [0.15, 0.2) is 16.6 Å². The zero-order valence-corrected chi connectivity index (χ0v) is 16.1. The maximum absolute atomic E-state index is 12.5. The van der Waals surface area contributed by atoms with Gasteiger partial charge < -0.3 is 14.0 Å². The molecular weight excluding hydrogens is 378 g/mol. The van der Waals surface area contributed by atoms with Gasteiger partial charge in [0.25, 0.3) is 5.91 Å². The Morgan fingerprint density at radius 3 is 2.68 bits per heavy atom. The first-order valence-electron chi connectivity index (χ1n) is 8.62. The van der Waals surface area contributed by atoms with Crippen molar-refractivity contribution < 1.29 is 18.8 Å². The lowest BCUT2D eigenvalue weighted by atomic mass is 10.1. The van der Waals surface area contributed by atoms with E-state index in [9.17, 15) is 4.79 Å². The first kappa shape index (κ1) is 18.0. The normalized spacial score (nSPS) is 10.8. The Morgan fingerprint density at radius 1 is 1.14 bits per heavy atom. The van der Waals surface area contributed by atoms with Crippen LogP contribution >= 0.6 is 11.3 Å². The molecule has 0 saturated heterocycles. The molecule has 4 aromatic rings. The molecule has 2 aromatic carbocycles. The number of carbonyl (C=O) groups is 1. The fourth-order valence-corrected chi connectivity index (χ4v) is 3.54. The average Bonchev–Trinajstić information content (AvgIpc) is 3.35. The Morgan fingerprint density at radius 2 is 1.93 bits per heavy atom. The molecule has 1 N–H and O–H groups in total. The Balaban J connectivity index is 1.49. The molecule has 0 spiro atoms. The second-order valence-electron chi connectivity index (χ2n) is 5.84. The summed E-state index contributed by atoms with van der Waals surface area (Å²) in [4.78, 5) is 16.9. The molecule has 0 saturated carbocycles. The lowest BCUT2D eigenvalue weighted by Crippen LogP contribution is -2.11. The van der Waals surface area contributed by atoms with Crippen LogP contribution in [0.1, 0.15) is 17.4 Å². The topological polar surface area (TPSA) is 86.5 Å². The van der Waals surface area contributed by atoms with E-state index in [4.69, 9.17) is 14.0 Å². The number of nitrogens with one attached hydrogen (secondary N) is 1. The zero-order chi connectivity index (χ0) is 19.5. The first-order chi connectivity index (χ1) is 13.7. The number of hydrogen-bond donors (Lipinski definition) is 1. The number of carbonyl (C=O) groups excluding carboxylic acids is 1. The number of anilines is 1. The van der Waals surface area contributed by atoms with E-state index in [-0.39, 0.29) is 11.6 Å². The molecule has 0 aliphatic heterocycles. The van der Waals surface area contributed by atoms with E-state index in [0.717, 1.165) is 27.3 Å². The number of benzene rings is 2. The number of methoxy groups -OCH3 is 1. The fraction of sp³-hybridized carbons (Fsp3) is 0.150. The number of nitrogens with zero attached hydrogens (tertiary/aromatic N) is 2. The van der Waals surface area contributed by atoms with Gasteiger partial charge in [-0.05, 0) is 49.4 Å². The van der Waals surface area contributed by atoms with Crippen LogP contribution in [0.15, 0.2) is 53.1 Å². The summed E-state index contributed by atoms with van der Waals surface area (Å²) < 4.78 is 16.9. The molecule has 1 amide bonds. The van der Waals surface area contributed by atoms with Crippen molar-refractivity contribution in [2.75, 3.05) is 19.0 Å². The number of aromatic nitrogens is 2. The monoisotopic (exact) mass is 395 g/mol. The predicted octanol–water partition coefficient (Wildman–Crippen LogP) is 4.61. The van der Waals surface area contributed by atoms with Crippen LogP contribution < -0.4 is 14.8 Å². The summed E-state index contributed by atoms with van der Waals surface area (Å²) in [7, 11) is 1.61. The van der Waals surface area contributed by atoms with Gasteiger partial charge in [-0.15, -0.1) is 0 Å². The smallest absolute Gasteiger partial charge is 0.279 e. The highest BCUT2D eigenvalue weighted by Gasteiger charge is 2.16. The van der Waals surface area contributed by atoms with Crippen molar-refractivity contribution in [3.63, 3.8) is 0 Å². The third-order valence-corrected chi connectivity index (χ3v) is 4.94. The lowest BCUT2D eigenvalue weighted by Gasteiger charge is -2.02. The van der Waals surface area contributed by atoms with E-state index in [1.165, 1.54) is 11.3 Å². The predicted molar refractivity (Wildman–Crippen MR) is 107 cm³/mol. The zero-order valence-electron chi connectivity index (χ0n) is 15.3. The van der Waals surface area contributed by atoms with Crippen LogP contribution in [0, 0.1) is 0 Å². The van der Waals surface area contributed by atoms with Crippen LogP contribution in [0.4, 0.5) is 5.13 Å². The highest BCUT2D eigenvalue weighted by atomic mass is 32.1. The fourth-order valence-electron chi connectivity index (χ4n) is 2.65. The van der Waals surface area contributed by atoms with Gasteiger partial charge in [0.2, 0.25) is 0 Å². The van der Waals surface area contributed by atoms with Gasteiger partial charge in [-0.2, -0.15) is 0 Å². The van der Waals surface area contributed by atoms with Gasteiger partial charge in [0.05, 0.1) is 23.9 Å². The summed E-state index contributed by atoms with van der Waals surface area (Å²) in [5, 5.41) is 7.11. The highest BCUT2D eigenvalue weighted by Crippen LogP contribution is 2.30. The SMILES string of the molecule is CCOc1ccc(-c2cc(C(=O)Nc3nc4ccc(OC)cc4s3)no2)cc1. The maximum Gasteiger partial charge on any atom is 0.279 e. The van der Waals surface area contributed by atoms with Gasteiger partial charge in [0, 0.05) is 11.6 Å². The molecule has 0 radical (unpaired) electrons. The molecule has 0 atom stereocenters. The highest BCUT2D eigenvalue weighted by molar-refractivity contribution is 7.22. The third-order valence-electron chi connectivity index (χ3n) is 4.01. The van der Waals surface area contributed by atoms with Crippen LogP contribution in [0.2, 0.25) is 0 Å². The largest absolute Gasteiger partial charge is 0.497 e. The number of amides is 1. The molecule has 0 aliphatic carbocycles. The minimum atomic E-state index is -0.382. The summed E-state index contributed by atoms with van der Waals surface area (Å²) in [5.41, 5.74) is 1.78. The molecule has 4 rings (SSSR count).